The van der Waals surface area contributed by atoms with E-state index >= 15 is 0 Å². The van der Waals surface area contributed by atoms with Gasteiger partial charge in [-0.1, -0.05) is 218 Å². The monoisotopic (exact) mass is 996 g/mol. The van der Waals surface area contributed by atoms with Gasteiger partial charge in [0.25, 0.3) is 0 Å². The lowest BCUT2D eigenvalue weighted by atomic mass is 9.79. The summed E-state index contributed by atoms with van der Waals surface area (Å²) in [7, 11) is 0. The molecule has 0 saturated carbocycles. The quantitative estimate of drug-likeness (QED) is 0.105. The molecule has 80 heavy (non-hydrogen) atoms. The first-order valence-electron chi connectivity index (χ1n) is 28.4. The summed E-state index contributed by atoms with van der Waals surface area (Å²) in [6.07, 6.45) is 0. The van der Waals surface area contributed by atoms with Crippen LogP contribution in [0, 0.1) is 0 Å². The van der Waals surface area contributed by atoms with E-state index in [1.165, 1.54) is 237 Å². The summed E-state index contributed by atoms with van der Waals surface area (Å²) < 4.78 is 0. The third-order valence-corrected chi connectivity index (χ3v) is 20.8. The molecule has 23 aromatic rings. The molecule has 0 spiro atoms. The standard InChI is InChI=1S/C80H36/c1-5-37-6-2-10-40-44-14-18-48-52-22-26-56-60-30-34-64-66-36-32-62-58-28-24-54-50-20-16-46-42-12-4-8-38-7-3-11-41(68(38)42)45-15-19-49(72(50)70(45)46)53-23-27-57(76(58)74(53)54)61-31-35-65(80(66)78(61)62)63-33-29-59(77(60)79(63)64)55-25-21-51(73(52)75(55)56)47-17-13-43(69(44)71(47)48)39(9-1)67(37)40/h1-36H. The zero-order valence-corrected chi connectivity index (χ0v) is 42.8. The van der Waals surface area contributed by atoms with Crippen molar-refractivity contribution in [2.45, 2.75) is 0 Å². The van der Waals surface area contributed by atoms with Gasteiger partial charge in [-0.2, -0.15) is 0 Å². The van der Waals surface area contributed by atoms with Crippen LogP contribution in [0.1, 0.15) is 0 Å². The highest BCUT2D eigenvalue weighted by atomic mass is 14.3. The van der Waals surface area contributed by atoms with E-state index in [2.05, 4.69) is 218 Å². The average molecular weight is 997 g/mol. The zero-order chi connectivity index (χ0) is 50.9. The van der Waals surface area contributed by atoms with Gasteiger partial charge in [-0.05, 0) is 237 Å². The Morgan fingerprint density at radius 1 is 0.0875 bits per heavy atom. The van der Waals surface area contributed by atoms with Crippen LogP contribution in [0.15, 0.2) is 218 Å². The van der Waals surface area contributed by atoms with Crippen molar-refractivity contribution in [1.29, 1.82) is 0 Å². The average Bonchev–Trinajstić information content (AvgIpc) is 2.84. The second-order valence-electron chi connectivity index (χ2n) is 23.8. The number of rotatable bonds is 0. The summed E-state index contributed by atoms with van der Waals surface area (Å²) in [5.74, 6) is 0. The molecule has 0 nitrogen and oxygen atoms in total. The third kappa shape index (κ3) is 4.01. The number of hydrogen-bond acceptors (Lipinski definition) is 0. The largest absolute Gasteiger partial charge is 0.0610 e. The molecule has 0 aliphatic heterocycles. The first-order chi connectivity index (χ1) is 39.7. The van der Waals surface area contributed by atoms with E-state index in [0.717, 1.165) is 0 Å². The summed E-state index contributed by atoms with van der Waals surface area (Å²) >= 11 is 0. The van der Waals surface area contributed by atoms with Crippen molar-refractivity contribution in [2.24, 2.45) is 0 Å². The minimum absolute atomic E-state index is 1.31. The Labute approximate surface area is 452 Å². The predicted octanol–water partition coefficient (Wildman–Crippen LogP) is 23.1. The fourth-order valence-electron chi connectivity index (χ4n) is 17.9. The molecule has 0 unspecified atom stereocenters. The summed E-state index contributed by atoms with van der Waals surface area (Å²) in [5.41, 5.74) is 0. The van der Waals surface area contributed by atoms with E-state index in [9.17, 15) is 0 Å². The third-order valence-electron chi connectivity index (χ3n) is 20.8. The Morgan fingerprint density at radius 3 is 0.300 bits per heavy atom. The van der Waals surface area contributed by atoms with E-state index in [0.29, 0.717) is 0 Å². The first kappa shape index (κ1) is 39.0. The van der Waals surface area contributed by atoms with Crippen LogP contribution >= 0.6 is 0 Å². The van der Waals surface area contributed by atoms with Crippen molar-refractivity contribution in [2.75, 3.05) is 0 Å². The normalized spacial score (nSPS) is 13.5. The van der Waals surface area contributed by atoms with Crippen LogP contribution in [-0.4, -0.2) is 0 Å². The fraction of sp³-hybridized carbons (Fsp3) is 0. The Kier molecular flexibility index (Phi) is 6.16. The lowest BCUT2D eigenvalue weighted by Crippen LogP contribution is -1.95. The highest BCUT2D eigenvalue weighted by Gasteiger charge is 2.27. The van der Waals surface area contributed by atoms with Gasteiger partial charge in [0.1, 0.15) is 0 Å². The van der Waals surface area contributed by atoms with Gasteiger partial charge in [0.05, 0.1) is 0 Å². The van der Waals surface area contributed by atoms with E-state index in [4.69, 9.17) is 0 Å². The summed E-state index contributed by atoms with van der Waals surface area (Å²) in [4.78, 5) is 0. The molecular formula is C80H36. The minimum Gasteiger partial charge on any atom is -0.0610 e. The highest BCUT2D eigenvalue weighted by Crippen LogP contribution is 2.56. The lowest BCUT2D eigenvalue weighted by molar-refractivity contribution is 1.80. The van der Waals surface area contributed by atoms with E-state index in [1.54, 1.807) is 0 Å². The molecule has 0 aromatic heterocycles. The van der Waals surface area contributed by atoms with Crippen LogP contribution < -0.4 is 0 Å². The fourth-order valence-corrected chi connectivity index (χ4v) is 17.9. The molecule has 0 bridgehead atoms. The number of benzene rings is 23. The van der Waals surface area contributed by atoms with Gasteiger partial charge in [-0.25, -0.2) is 0 Å². The van der Waals surface area contributed by atoms with E-state index in [-0.39, 0.29) is 0 Å². The molecule has 0 aliphatic carbocycles. The van der Waals surface area contributed by atoms with Crippen LogP contribution in [0.5, 0.6) is 0 Å². The minimum atomic E-state index is 1.31. The molecule has 23 rings (SSSR count). The summed E-state index contributed by atoms with van der Waals surface area (Å²) in [6, 6.07) is 85.9. The van der Waals surface area contributed by atoms with Crippen LogP contribution in [-0.2, 0) is 0 Å². The van der Waals surface area contributed by atoms with E-state index < -0.39 is 0 Å². The maximum Gasteiger partial charge on any atom is -0.00139 e. The van der Waals surface area contributed by atoms with Crippen molar-refractivity contribution in [3.05, 3.63) is 218 Å². The van der Waals surface area contributed by atoms with Gasteiger partial charge in [-0.15, -0.1) is 0 Å². The summed E-state index contributed by atoms with van der Waals surface area (Å²) in [6.45, 7) is 0. The molecule has 0 amide bonds. The molecule has 0 N–H and O–H groups in total. The topological polar surface area (TPSA) is 0 Å². The maximum atomic E-state index is 2.46. The van der Waals surface area contributed by atoms with Crippen molar-refractivity contribution in [3.8, 4) is 0 Å². The molecule has 356 valence electrons. The van der Waals surface area contributed by atoms with Crippen LogP contribution in [0.25, 0.3) is 237 Å². The number of fused-ring (bicyclic) bond motifs is 14. The molecule has 0 atom stereocenters. The van der Waals surface area contributed by atoms with Crippen LogP contribution in [0.2, 0.25) is 0 Å². The maximum absolute atomic E-state index is 2.46. The van der Waals surface area contributed by atoms with Crippen molar-refractivity contribution in [1.82, 2.24) is 0 Å². The molecule has 0 fully saturated rings. The van der Waals surface area contributed by atoms with Gasteiger partial charge < -0.3 is 0 Å². The second kappa shape index (κ2) is 12.6. The van der Waals surface area contributed by atoms with Crippen LogP contribution in [0.3, 0.4) is 0 Å². The SMILES string of the molecule is c1cc2cccc3c4ccc5c6ccc7c8ccc9c%10ccc%11c%12ccc%13c%14ccc%15c%16cccc%17cccc(c%18ccc(c%19ccc(c%20ccc(c%21ccc(c%22ccc(c%23ccc(c(c1)c23)c4c%235)c6c%227)c8c%219)c%10c%20%11)c%12c%19%13)c%14c%18%15)c%17%16. The Balaban J connectivity index is 0.789. The first-order valence-corrected chi connectivity index (χ1v) is 28.4. The highest BCUT2D eigenvalue weighted by molar-refractivity contribution is 6.51. The Bertz CT molecular complexity index is 6060. The Morgan fingerprint density at radius 2 is 0.188 bits per heavy atom. The van der Waals surface area contributed by atoms with Crippen molar-refractivity contribution < 1.29 is 0 Å². The smallest absolute Gasteiger partial charge is 0.00139 e. The predicted molar refractivity (Wildman–Crippen MR) is 350 cm³/mol. The molecule has 23 aromatic carbocycles. The second-order valence-corrected chi connectivity index (χ2v) is 23.8. The molecular weight excluding hydrogens is 961 g/mol. The van der Waals surface area contributed by atoms with Crippen LogP contribution in [0.4, 0.5) is 0 Å². The molecule has 0 heteroatoms. The Hall–Kier alpha value is -10.4. The molecule has 0 heterocycles. The van der Waals surface area contributed by atoms with E-state index in [1.807, 2.05) is 0 Å². The van der Waals surface area contributed by atoms with Gasteiger partial charge >= 0.3 is 0 Å². The van der Waals surface area contributed by atoms with Gasteiger partial charge in [-0.3, -0.25) is 0 Å². The molecule has 0 saturated heterocycles. The van der Waals surface area contributed by atoms with Gasteiger partial charge in [0.15, 0.2) is 0 Å². The van der Waals surface area contributed by atoms with Crippen molar-refractivity contribution in [3.63, 3.8) is 0 Å². The summed E-state index contributed by atoms with van der Waals surface area (Å²) in [5, 5.41) is 59.5. The number of hydrogen-bond donors (Lipinski definition) is 0. The lowest BCUT2D eigenvalue weighted by Gasteiger charge is -2.23. The molecule has 0 radical (unpaired) electrons. The van der Waals surface area contributed by atoms with Gasteiger partial charge in [0, 0.05) is 0 Å². The molecule has 0 aliphatic rings. The van der Waals surface area contributed by atoms with Crippen molar-refractivity contribution >= 4 is 237 Å². The zero-order valence-electron chi connectivity index (χ0n) is 42.8. The van der Waals surface area contributed by atoms with Gasteiger partial charge in [0.2, 0.25) is 0 Å².